The molecule has 1 aromatic carbocycles. The van der Waals surface area contributed by atoms with Gasteiger partial charge in [-0.2, -0.15) is 5.10 Å². The van der Waals surface area contributed by atoms with E-state index in [1.807, 2.05) is 0 Å². The van der Waals surface area contributed by atoms with Crippen molar-refractivity contribution >= 4 is 23.4 Å². The number of carbonyl (C=O) groups is 1. The lowest BCUT2D eigenvalue weighted by atomic mass is 10.2. The van der Waals surface area contributed by atoms with Crippen LogP contribution in [-0.2, 0) is 16.2 Å². The molecule has 0 amide bonds. The van der Waals surface area contributed by atoms with Crippen LogP contribution in [0, 0.1) is 5.82 Å². The molecular formula is C13H12ClFN4O2. The highest BCUT2D eigenvalue weighted by Gasteiger charge is 2.06. The van der Waals surface area contributed by atoms with Crippen molar-refractivity contribution in [1.29, 1.82) is 0 Å². The summed E-state index contributed by atoms with van der Waals surface area (Å²) in [5.41, 5.74) is 6.08. The van der Waals surface area contributed by atoms with Crippen molar-refractivity contribution < 1.29 is 14.0 Å². The maximum Gasteiger partial charge on any atom is 0.336 e. The van der Waals surface area contributed by atoms with E-state index < -0.39 is 5.97 Å². The second-order valence-corrected chi connectivity index (χ2v) is 4.55. The molecule has 8 heteroatoms. The van der Waals surface area contributed by atoms with Crippen LogP contribution in [0.25, 0.3) is 0 Å². The molecule has 0 radical (unpaired) electrons. The van der Waals surface area contributed by atoms with E-state index in [1.165, 1.54) is 35.1 Å². The van der Waals surface area contributed by atoms with Crippen molar-refractivity contribution in [3.63, 3.8) is 0 Å². The van der Waals surface area contributed by atoms with Gasteiger partial charge in [-0.1, -0.05) is 16.8 Å². The van der Waals surface area contributed by atoms with E-state index in [-0.39, 0.29) is 18.1 Å². The lowest BCUT2D eigenvalue weighted by Crippen LogP contribution is -2.15. The largest absolute Gasteiger partial charge is 0.380 e. The van der Waals surface area contributed by atoms with E-state index in [1.54, 1.807) is 6.20 Å². The molecule has 0 unspecified atom stereocenters. The average Bonchev–Trinajstić information content (AvgIpc) is 2.89. The number of nitrogens with zero attached hydrogens (tertiary/aromatic N) is 3. The topological polar surface area (TPSA) is 82.5 Å². The first-order chi connectivity index (χ1) is 10.0. The molecule has 0 saturated carbocycles. The van der Waals surface area contributed by atoms with E-state index in [9.17, 15) is 9.18 Å². The summed E-state index contributed by atoms with van der Waals surface area (Å²) >= 11 is 5.69. The third kappa shape index (κ3) is 4.57. The molecule has 2 N–H and O–H groups in total. The van der Waals surface area contributed by atoms with E-state index in [0.29, 0.717) is 17.1 Å². The standard InChI is InChI=1S/C13H12ClFN4O2/c14-10-7-17-19(8-10)6-5-12(20)21-18-13(16)9-1-3-11(15)4-2-9/h1-4,7-8H,5-6H2,(H2,16,18). The first-order valence-electron chi connectivity index (χ1n) is 6.02. The Morgan fingerprint density at radius 3 is 2.76 bits per heavy atom. The smallest absolute Gasteiger partial charge is 0.336 e. The van der Waals surface area contributed by atoms with Gasteiger partial charge in [0.2, 0.25) is 0 Å². The van der Waals surface area contributed by atoms with Crippen molar-refractivity contribution in [2.75, 3.05) is 0 Å². The van der Waals surface area contributed by atoms with Crippen LogP contribution in [-0.4, -0.2) is 21.6 Å². The molecule has 1 aromatic heterocycles. The molecule has 0 bridgehead atoms. The average molecular weight is 311 g/mol. The summed E-state index contributed by atoms with van der Waals surface area (Å²) in [6.45, 7) is 0.317. The zero-order valence-electron chi connectivity index (χ0n) is 10.9. The third-order valence-corrected chi connectivity index (χ3v) is 2.73. The monoisotopic (exact) mass is 310 g/mol. The zero-order valence-corrected chi connectivity index (χ0v) is 11.6. The van der Waals surface area contributed by atoms with E-state index in [2.05, 4.69) is 15.1 Å². The Hall–Kier alpha value is -2.41. The van der Waals surface area contributed by atoms with Gasteiger partial charge in [0.05, 0.1) is 24.2 Å². The van der Waals surface area contributed by atoms with Gasteiger partial charge in [0.1, 0.15) is 5.82 Å². The van der Waals surface area contributed by atoms with Gasteiger partial charge in [-0.3, -0.25) is 4.68 Å². The number of benzene rings is 1. The van der Waals surface area contributed by atoms with Crippen molar-refractivity contribution in [2.24, 2.45) is 10.9 Å². The van der Waals surface area contributed by atoms with Crippen LogP contribution >= 0.6 is 11.6 Å². The van der Waals surface area contributed by atoms with Crippen LogP contribution in [0.15, 0.2) is 41.8 Å². The van der Waals surface area contributed by atoms with Crippen LogP contribution in [0.3, 0.4) is 0 Å². The van der Waals surface area contributed by atoms with Crippen LogP contribution in [0.1, 0.15) is 12.0 Å². The number of oxime groups is 1. The minimum Gasteiger partial charge on any atom is -0.380 e. The molecule has 2 rings (SSSR count). The zero-order chi connectivity index (χ0) is 15.2. The highest BCUT2D eigenvalue weighted by Crippen LogP contribution is 2.06. The number of halogens is 2. The van der Waals surface area contributed by atoms with Crippen molar-refractivity contribution in [1.82, 2.24) is 9.78 Å². The quantitative estimate of drug-likeness (QED) is 0.396. The van der Waals surface area contributed by atoms with Gasteiger partial charge in [0.15, 0.2) is 5.84 Å². The SMILES string of the molecule is N/C(=N\OC(=O)CCn1cc(Cl)cn1)c1ccc(F)cc1. The van der Waals surface area contributed by atoms with Gasteiger partial charge in [-0.25, -0.2) is 9.18 Å². The normalized spacial score (nSPS) is 11.4. The minimum absolute atomic E-state index is 0.00881. The molecule has 0 aliphatic rings. The Balaban J connectivity index is 1.84. The van der Waals surface area contributed by atoms with E-state index >= 15 is 0 Å². The van der Waals surface area contributed by atoms with Crippen molar-refractivity contribution in [3.8, 4) is 0 Å². The molecule has 0 saturated heterocycles. The Morgan fingerprint density at radius 2 is 2.14 bits per heavy atom. The van der Waals surface area contributed by atoms with Gasteiger partial charge in [0.25, 0.3) is 0 Å². The van der Waals surface area contributed by atoms with Gasteiger partial charge in [0, 0.05) is 11.8 Å². The van der Waals surface area contributed by atoms with E-state index in [4.69, 9.17) is 17.3 Å². The number of amidine groups is 1. The third-order valence-electron chi connectivity index (χ3n) is 2.53. The second kappa shape index (κ2) is 6.85. The number of carbonyl (C=O) groups excluding carboxylic acids is 1. The molecule has 0 spiro atoms. The Bertz CT molecular complexity index is 654. The molecule has 1 heterocycles. The molecule has 0 aliphatic heterocycles. The number of rotatable bonds is 5. The molecule has 21 heavy (non-hydrogen) atoms. The Morgan fingerprint density at radius 1 is 1.43 bits per heavy atom. The summed E-state index contributed by atoms with van der Waals surface area (Å²) in [7, 11) is 0. The fourth-order valence-electron chi connectivity index (χ4n) is 1.49. The number of hydrogen-bond acceptors (Lipinski definition) is 4. The molecule has 110 valence electrons. The first kappa shape index (κ1) is 15.0. The van der Waals surface area contributed by atoms with Crippen LogP contribution in [0.2, 0.25) is 5.02 Å². The highest BCUT2D eigenvalue weighted by molar-refractivity contribution is 6.30. The van der Waals surface area contributed by atoms with Crippen molar-refractivity contribution in [2.45, 2.75) is 13.0 Å². The summed E-state index contributed by atoms with van der Waals surface area (Å²) in [6, 6.07) is 5.35. The van der Waals surface area contributed by atoms with Gasteiger partial charge in [-0.15, -0.1) is 0 Å². The van der Waals surface area contributed by atoms with Crippen LogP contribution in [0.4, 0.5) is 4.39 Å². The van der Waals surface area contributed by atoms with Gasteiger partial charge >= 0.3 is 5.97 Å². The predicted octanol–water partition coefficient (Wildman–Crippen LogP) is 1.93. The molecule has 2 aromatic rings. The summed E-state index contributed by atoms with van der Waals surface area (Å²) in [4.78, 5) is 16.2. The van der Waals surface area contributed by atoms with E-state index in [0.717, 1.165) is 0 Å². The predicted molar refractivity (Wildman–Crippen MR) is 75.1 cm³/mol. The maximum atomic E-state index is 12.7. The Kier molecular flexibility index (Phi) is 4.89. The maximum absolute atomic E-state index is 12.7. The van der Waals surface area contributed by atoms with Crippen LogP contribution < -0.4 is 5.73 Å². The lowest BCUT2D eigenvalue weighted by molar-refractivity contribution is -0.143. The number of nitrogens with two attached hydrogens (primary N) is 1. The Labute approximate surface area is 124 Å². The lowest BCUT2D eigenvalue weighted by Gasteiger charge is -2.02. The summed E-state index contributed by atoms with van der Waals surface area (Å²) in [5, 5.41) is 7.92. The minimum atomic E-state index is -0.563. The fourth-order valence-corrected chi connectivity index (χ4v) is 1.64. The molecule has 0 fully saturated rings. The highest BCUT2D eigenvalue weighted by atomic mass is 35.5. The number of aryl methyl sites for hydroxylation is 1. The molecular weight excluding hydrogens is 299 g/mol. The first-order valence-corrected chi connectivity index (χ1v) is 6.39. The molecule has 0 atom stereocenters. The fraction of sp³-hybridized carbons (Fsp3) is 0.154. The molecule has 6 nitrogen and oxygen atoms in total. The van der Waals surface area contributed by atoms with Gasteiger partial charge in [-0.05, 0) is 24.3 Å². The number of hydrogen-bond donors (Lipinski definition) is 1. The summed E-state index contributed by atoms with van der Waals surface area (Å²) in [5.74, 6) is -0.960. The van der Waals surface area contributed by atoms with Gasteiger partial charge < -0.3 is 10.6 Å². The number of aromatic nitrogens is 2. The summed E-state index contributed by atoms with van der Waals surface area (Å²) in [6.07, 6.45) is 3.13. The second-order valence-electron chi connectivity index (χ2n) is 4.12. The van der Waals surface area contributed by atoms with Crippen LogP contribution in [0.5, 0.6) is 0 Å². The summed E-state index contributed by atoms with van der Waals surface area (Å²) < 4.78 is 14.3. The molecule has 0 aliphatic carbocycles. The van der Waals surface area contributed by atoms with Crippen molar-refractivity contribution in [3.05, 3.63) is 53.1 Å².